The van der Waals surface area contributed by atoms with Crippen molar-refractivity contribution in [1.29, 1.82) is 0 Å². The van der Waals surface area contributed by atoms with Gasteiger partial charge in [0.2, 0.25) is 0 Å². The minimum absolute atomic E-state index is 0.131. The quantitative estimate of drug-likeness (QED) is 0.686. The molecule has 0 saturated heterocycles. The minimum atomic E-state index is -0.131. The summed E-state index contributed by atoms with van der Waals surface area (Å²) >= 11 is 3.49. The molecule has 0 bridgehead atoms. The SMILES string of the molecule is COCCNCc1cc(Br)ccc1OCCOC(C)(C)C. The summed E-state index contributed by atoms with van der Waals surface area (Å²) in [5.74, 6) is 0.889. The van der Waals surface area contributed by atoms with Crippen molar-refractivity contribution >= 4 is 15.9 Å². The van der Waals surface area contributed by atoms with E-state index in [0.29, 0.717) is 19.8 Å². The van der Waals surface area contributed by atoms with E-state index in [-0.39, 0.29) is 5.60 Å². The second kappa shape index (κ2) is 9.41. The first-order chi connectivity index (χ1) is 9.92. The lowest BCUT2D eigenvalue weighted by Gasteiger charge is -2.20. The maximum Gasteiger partial charge on any atom is 0.123 e. The molecule has 0 aromatic heterocycles. The molecular weight excluding hydrogens is 334 g/mol. The highest BCUT2D eigenvalue weighted by Crippen LogP contribution is 2.23. The van der Waals surface area contributed by atoms with Gasteiger partial charge in [-0.1, -0.05) is 15.9 Å². The molecule has 0 amide bonds. The van der Waals surface area contributed by atoms with Gasteiger partial charge in [-0.15, -0.1) is 0 Å². The molecule has 1 rings (SSSR count). The van der Waals surface area contributed by atoms with Crippen molar-refractivity contribution in [1.82, 2.24) is 5.32 Å². The molecule has 120 valence electrons. The maximum absolute atomic E-state index is 5.83. The molecule has 0 saturated carbocycles. The summed E-state index contributed by atoms with van der Waals surface area (Å²) in [6.45, 7) is 9.50. The number of hydrogen-bond donors (Lipinski definition) is 1. The normalized spacial score (nSPS) is 11.7. The number of halogens is 1. The average molecular weight is 360 g/mol. The van der Waals surface area contributed by atoms with Crippen LogP contribution >= 0.6 is 15.9 Å². The second-order valence-electron chi connectivity index (χ2n) is 5.73. The van der Waals surface area contributed by atoms with Gasteiger partial charge < -0.3 is 19.5 Å². The van der Waals surface area contributed by atoms with Crippen LogP contribution in [-0.2, 0) is 16.0 Å². The van der Waals surface area contributed by atoms with Crippen molar-refractivity contribution < 1.29 is 14.2 Å². The van der Waals surface area contributed by atoms with Crippen molar-refractivity contribution in [3.63, 3.8) is 0 Å². The molecule has 21 heavy (non-hydrogen) atoms. The highest BCUT2D eigenvalue weighted by Gasteiger charge is 2.10. The Labute approximate surface area is 136 Å². The standard InChI is InChI=1S/C16H26BrNO3/c1-16(2,3)21-10-9-20-15-6-5-14(17)11-13(15)12-18-7-8-19-4/h5-6,11,18H,7-10,12H2,1-4H3. The van der Waals surface area contributed by atoms with Crippen LogP contribution in [0.2, 0.25) is 0 Å². The molecule has 0 spiro atoms. The fourth-order valence-electron chi connectivity index (χ4n) is 1.72. The van der Waals surface area contributed by atoms with Crippen LogP contribution < -0.4 is 10.1 Å². The third-order valence-electron chi connectivity index (χ3n) is 2.70. The summed E-state index contributed by atoms with van der Waals surface area (Å²) in [6.07, 6.45) is 0. The Balaban J connectivity index is 2.48. The van der Waals surface area contributed by atoms with Crippen LogP contribution in [0.5, 0.6) is 5.75 Å². The molecule has 1 aromatic rings. The Morgan fingerprint density at radius 1 is 1.14 bits per heavy atom. The van der Waals surface area contributed by atoms with E-state index in [1.165, 1.54) is 0 Å². The van der Waals surface area contributed by atoms with Crippen molar-refractivity contribution in [2.45, 2.75) is 32.9 Å². The zero-order valence-electron chi connectivity index (χ0n) is 13.4. The largest absolute Gasteiger partial charge is 0.491 e. The van der Waals surface area contributed by atoms with E-state index in [0.717, 1.165) is 28.9 Å². The Hall–Kier alpha value is -0.620. The van der Waals surface area contributed by atoms with Crippen molar-refractivity contribution in [3.05, 3.63) is 28.2 Å². The number of benzene rings is 1. The number of nitrogens with one attached hydrogen (secondary N) is 1. The van der Waals surface area contributed by atoms with Crippen LogP contribution in [0, 0.1) is 0 Å². The lowest BCUT2D eigenvalue weighted by atomic mass is 10.2. The molecule has 0 unspecified atom stereocenters. The van der Waals surface area contributed by atoms with E-state index in [9.17, 15) is 0 Å². The Kier molecular flexibility index (Phi) is 8.26. The molecule has 0 fully saturated rings. The first-order valence-electron chi connectivity index (χ1n) is 7.17. The molecule has 0 aliphatic carbocycles. The van der Waals surface area contributed by atoms with Gasteiger partial charge in [0, 0.05) is 30.2 Å². The summed E-state index contributed by atoms with van der Waals surface area (Å²) in [7, 11) is 1.70. The van der Waals surface area contributed by atoms with Crippen LogP contribution in [-0.4, -0.2) is 39.1 Å². The molecule has 0 radical (unpaired) electrons. The Morgan fingerprint density at radius 3 is 2.57 bits per heavy atom. The van der Waals surface area contributed by atoms with E-state index in [4.69, 9.17) is 14.2 Å². The van der Waals surface area contributed by atoms with Gasteiger partial charge in [-0.3, -0.25) is 0 Å². The molecule has 0 heterocycles. The lowest BCUT2D eigenvalue weighted by molar-refractivity contribution is -0.0164. The maximum atomic E-state index is 5.83. The van der Waals surface area contributed by atoms with Crippen LogP contribution in [0.15, 0.2) is 22.7 Å². The molecular formula is C16H26BrNO3. The first-order valence-corrected chi connectivity index (χ1v) is 7.96. The summed E-state index contributed by atoms with van der Waals surface area (Å²) in [5.41, 5.74) is 0.990. The van der Waals surface area contributed by atoms with E-state index in [1.54, 1.807) is 7.11 Å². The fraction of sp³-hybridized carbons (Fsp3) is 0.625. The van der Waals surface area contributed by atoms with E-state index < -0.39 is 0 Å². The van der Waals surface area contributed by atoms with E-state index in [2.05, 4.69) is 27.3 Å². The van der Waals surface area contributed by atoms with Gasteiger partial charge in [-0.25, -0.2) is 0 Å². The third kappa shape index (κ3) is 8.41. The Morgan fingerprint density at radius 2 is 1.90 bits per heavy atom. The van der Waals surface area contributed by atoms with Crippen LogP contribution in [0.1, 0.15) is 26.3 Å². The zero-order valence-corrected chi connectivity index (χ0v) is 15.0. The molecule has 1 aromatic carbocycles. The molecule has 0 atom stereocenters. The average Bonchev–Trinajstić information content (AvgIpc) is 2.40. The molecule has 4 nitrogen and oxygen atoms in total. The highest BCUT2D eigenvalue weighted by atomic mass is 79.9. The van der Waals surface area contributed by atoms with Crippen molar-refractivity contribution in [2.24, 2.45) is 0 Å². The lowest BCUT2D eigenvalue weighted by Crippen LogP contribution is -2.23. The summed E-state index contributed by atoms with van der Waals surface area (Å²) < 4.78 is 17.6. The van der Waals surface area contributed by atoms with Gasteiger partial charge in [0.15, 0.2) is 0 Å². The molecule has 0 aliphatic heterocycles. The van der Waals surface area contributed by atoms with Crippen molar-refractivity contribution in [2.75, 3.05) is 33.5 Å². The van der Waals surface area contributed by atoms with Crippen LogP contribution in [0.4, 0.5) is 0 Å². The summed E-state index contributed by atoms with van der Waals surface area (Å²) in [5, 5.41) is 3.33. The number of methoxy groups -OCH3 is 1. The molecule has 5 heteroatoms. The molecule has 0 aliphatic rings. The van der Waals surface area contributed by atoms with Gasteiger partial charge in [0.05, 0.1) is 18.8 Å². The minimum Gasteiger partial charge on any atom is -0.491 e. The topological polar surface area (TPSA) is 39.7 Å². The monoisotopic (exact) mass is 359 g/mol. The third-order valence-corrected chi connectivity index (χ3v) is 3.19. The first kappa shape index (κ1) is 18.4. The van der Waals surface area contributed by atoms with Gasteiger partial charge in [-0.2, -0.15) is 0 Å². The van der Waals surface area contributed by atoms with Crippen molar-refractivity contribution in [3.8, 4) is 5.75 Å². The smallest absolute Gasteiger partial charge is 0.123 e. The highest BCUT2D eigenvalue weighted by molar-refractivity contribution is 9.10. The summed E-state index contributed by atoms with van der Waals surface area (Å²) in [6, 6.07) is 6.03. The van der Waals surface area contributed by atoms with E-state index in [1.807, 2.05) is 32.9 Å². The number of hydrogen-bond acceptors (Lipinski definition) is 4. The Bertz CT molecular complexity index is 418. The van der Waals surface area contributed by atoms with Crippen LogP contribution in [0.3, 0.4) is 0 Å². The van der Waals surface area contributed by atoms with Gasteiger partial charge in [0.25, 0.3) is 0 Å². The van der Waals surface area contributed by atoms with E-state index >= 15 is 0 Å². The van der Waals surface area contributed by atoms with Gasteiger partial charge in [-0.05, 0) is 39.0 Å². The van der Waals surface area contributed by atoms with Gasteiger partial charge >= 0.3 is 0 Å². The number of ether oxygens (including phenoxy) is 3. The summed E-state index contributed by atoms with van der Waals surface area (Å²) in [4.78, 5) is 0. The number of rotatable bonds is 9. The van der Waals surface area contributed by atoms with Crippen LogP contribution in [0.25, 0.3) is 0 Å². The second-order valence-corrected chi connectivity index (χ2v) is 6.65. The zero-order chi connectivity index (χ0) is 15.7. The fourth-order valence-corrected chi connectivity index (χ4v) is 2.13. The van der Waals surface area contributed by atoms with Gasteiger partial charge in [0.1, 0.15) is 12.4 Å². The predicted octanol–water partition coefficient (Wildman–Crippen LogP) is 3.38. The predicted molar refractivity (Wildman–Crippen MR) is 88.9 cm³/mol. The molecule has 1 N–H and O–H groups in total.